The zero-order valence-corrected chi connectivity index (χ0v) is 13.9. The van der Waals surface area contributed by atoms with Gasteiger partial charge in [0.1, 0.15) is 0 Å². The molecular formula is C13H24N4O3S. The van der Waals surface area contributed by atoms with Crippen molar-refractivity contribution in [2.24, 2.45) is 0 Å². The number of hydrogen-bond donors (Lipinski definition) is 1. The Hall–Kier alpha value is -1.28. The normalized spacial score (nSPS) is 11.1. The SMILES string of the molecule is CCCn1c(SCC(=O)O)nnc1N(CCOC)C(C)C. The van der Waals surface area contributed by atoms with Crippen LogP contribution < -0.4 is 4.90 Å². The molecule has 8 heteroatoms. The van der Waals surface area contributed by atoms with Crippen LogP contribution in [0.2, 0.25) is 0 Å². The molecule has 0 amide bonds. The first kappa shape index (κ1) is 17.8. The third-order valence-electron chi connectivity index (χ3n) is 2.89. The number of anilines is 1. The second kappa shape index (κ2) is 8.89. The predicted octanol–water partition coefficient (Wildman–Crippen LogP) is 1.73. The summed E-state index contributed by atoms with van der Waals surface area (Å²) < 4.78 is 7.14. The molecular weight excluding hydrogens is 292 g/mol. The summed E-state index contributed by atoms with van der Waals surface area (Å²) in [4.78, 5) is 12.8. The smallest absolute Gasteiger partial charge is 0.313 e. The second-order valence-electron chi connectivity index (χ2n) is 4.90. The van der Waals surface area contributed by atoms with Gasteiger partial charge in [-0.25, -0.2) is 0 Å². The standard InChI is InChI=1S/C13H24N4O3S/c1-5-6-17-12(16(10(2)3)7-8-20-4)14-15-13(17)21-9-11(18)19/h10H,5-9H2,1-4H3,(H,18,19). The number of rotatable bonds is 10. The van der Waals surface area contributed by atoms with Crippen molar-refractivity contribution in [1.82, 2.24) is 14.8 Å². The number of carboxylic acid groups (broad SMARTS) is 1. The first-order valence-corrected chi connectivity index (χ1v) is 8.03. The Balaban J connectivity index is 3.00. The molecule has 0 aliphatic carbocycles. The van der Waals surface area contributed by atoms with Gasteiger partial charge in [0.25, 0.3) is 0 Å². The summed E-state index contributed by atoms with van der Waals surface area (Å²) in [6.07, 6.45) is 0.932. The van der Waals surface area contributed by atoms with Gasteiger partial charge < -0.3 is 14.7 Å². The Bertz CT molecular complexity index is 451. The molecule has 1 heterocycles. The molecule has 1 rings (SSSR count). The number of hydrogen-bond acceptors (Lipinski definition) is 6. The number of carbonyl (C=O) groups is 1. The van der Waals surface area contributed by atoms with E-state index in [4.69, 9.17) is 9.84 Å². The van der Waals surface area contributed by atoms with E-state index in [1.807, 2.05) is 4.57 Å². The average molecular weight is 316 g/mol. The lowest BCUT2D eigenvalue weighted by molar-refractivity contribution is -0.133. The summed E-state index contributed by atoms with van der Waals surface area (Å²) in [5, 5.41) is 17.9. The van der Waals surface area contributed by atoms with Crippen molar-refractivity contribution in [3.05, 3.63) is 0 Å². The van der Waals surface area contributed by atoms with E-state index in [0.717, 1.165) is 25.5 Å². The van der Waals surface area contributed by atoms with Crippen molar-refractivity contribution >= 4 is 23.7 Å². The van der Waals surface area contributed by atoms with E-state index >= 15 is 0 Å². The second-order valence-corrected chi connectivity index (χ2v) is 5.84. The summed E-state index contributed by atoms with van der Waals surface area (Å²) in [7, 11) is 1.67. The van der Waals surface area contributed by atoms with E-state index in [1.54, 1.807) is 7.11 Å². The van der Waals surface area contributed by atoms with Crippen LogP contribution in [0, 0.1) is 0 Å². The van der Waals surface area contributed by atoms with Gasteiger partial charge in [0.2, 0.25) is 5.95 Å². The number of ether oxygens (including phenoxy) is 1. The summed E-state index contributed by atoms with van der Waals surface area (Å²) in [6.45, 7) is 8.34. The topological polar surface area (TPSA) is 80.5 Å². The summed E-state index contributed by atoms with van der Waals surface area (Å²) in [5.41, 5.74) is 0. The molecule has 0 spiro atoms. The minimum atomic E-state index is -0.854. The van der Waals surface area contributed by atoms with Gasteiger partial charge in [-0.2, -0.15) is 0 Å². The van der Waals surface area contributed by atoms with Crippen LogP contribution in [0.25, 0.3) is 0 Å². The first-order valence-electron chi connectivity index (χ1n) is 7.04. The van der Waals surface area contributed by atoms with Crippen LogP contribution in [0.15, 0.2) is 5.16 Å². The Morgan fingerprint density at radius 2 is 2.19 bits per heavy atom. The minimum absolute atomic E-state index is 0.0123. The van der Waals surface area contributed by atoms with Gasteiger partial charge in [-0.05, 0) is 20.3 Å². The van der Waals surface area contributed by atoms with Crippen LogP contribution in [0.4, 0.5) is 5.95 Å². The predicted molar refractivity (Wildman–Crippen MR) is 83.0 cm³/mol. The number of nitrogens with zero attached hydrogens (tertiary/aromatic N) is 4. The highest BCUT2D eigenvalue weighted by Gasteiger charge is 2.20. The van der Waals surface area contributed by atoms with Gasteiger partial charge >= 0.3 is 5.97 Å². The Morgan fingerprint density at radius 3 is 2.71 bits per heavy atom. The van der Waals surface area contributed by atoms with Crippen LogP contribution >= 0.6 is 11.8 Å². The molecule has 0 atom stereocenters. The van der Waals surface area contributed by atoms with Crippen molar-refractivity contribution in [2.45, 2.75) is 44.9 Å². The quantitative estimate of drug-likeness (QED) is 0.658. The Morgan fingerprint density at radius 1 is 1.48 bits per heavy atom. The molecule has 120 valence electrons. The number of thioether (sulfide) groups is 1. The number of carboxylic acids is 1. The molecule has 21 heavy (non-hydrogen) atoms. The average Bonchev–Trinajstić information content (AvgIpc) is 2.80. The summed E-state index contributed by atoms with van der Waals surface area (Å²) in [5.74, 6) is -0.0915. The van der Waals surface area contributed by atoms with E-state index in [2.05, 4.69) is 35.9 Å². The van der Waals surface area contributed by atoms with Crippen LogP contribution in [0.3, 0.4) is 0 Å². The molecule has 0 bridgehead atoms. The van der Waals surface area contributed by atoms with Crippen LogP contribution in [-0.2, 0) is 16.1 Å². The van der Waals surface area contributed by atoms with Gasteiger partial charge in [0.05, 0.1) is 12.4 Å². The highest BCUT2D eigenvalue weighted by atomic mass is 32.2. The van der Waals surface area contributed by atoms with Crippen molar-refractivity contribution in [3.63, 3.8) is 0 Å². The number of aromatic nitrogens is 3. The summed E-state index contributed by atoms with van der Waals surface area (Å²) in [6, 6.07) is 0.261. The van der Waals surface area contributed by atoms with Crippen LogP contribution in [0.5, 0.6) is 0 Å². The molecule has 0 saturated heterocycles. The lowest BCUT2D eigenvalue weighted by atomic mass is 10.3. The van der Waals surface area contributed by atoms with Gasteiger partial charge in [-0.15, -0.1) is 10.2 Å². The zero-order valence-electron chi connectivity index (χ0n) is 13.1. The van der Waals surface area contributed by atoms with Crippen molar-refractivity contribution in [3.8, 4) is 0 Å². The van der Waals surface area contributed by atoms with Gasteiger partial charge in [0.15, 0.2) is 5.16 Å². The third-order valence-corrected chi connectivity index (χ3v) is 3.84. The van der Waals surface area contributed by atoms with Crippen molar-refractivity contribution in [2.75, 3.05) is 30.9 Å². The minimum Gasteiger partial charge on any atom is -0.481 e. The Kier molecular flexibility index (Phi) is 7.52. The fraction of sp³-hybridized carbons (Fsp3) is 0.769. The van der Waals surface area contributed by atoms with E-state index in [9.17, 15) is 4.79 Å². The van der Waals surface area contributed by atoms with E-state index in [0.29, 0.717) is 11.8 Å². The molecule has 0 radical (unpaired) electrons. The highest BCUT2D eigenvalue weighted by Crippen LogP contribution is 2.23. The molecule has 0 aliphatic heterocycles. The molecule has 0 aliphatic rings. The van der Waals surface area contributed by atoms with E-state index in [1.165, 1.54) is 11.8 Å². The van der Waals surface area contributed by atoms with Crippen molar-refractivity contribution < 1.29 is 14.6 Å². The number of aliphatic carboxylic acids is 1. The summed E-state index contributed by atoms with van der Waals surface area (Å²) >= 11 is 1.20. The molecule has 1 N–H and O–H groups in total. The maximum Gasteiger partial charge on any atom is 0.313 e. The third kappa shape index (κ3) is 5.20. The lowest BCUT2D eigenvalue weighted by Gasteiger charge is -2.27. The number of methoxy groups -OCH3 is 1. The van der Waals surface area contributed by atoms with Gasteiger partial charge in [-0.3, -0.25) is 9.36 Å². The molecule has 0 aromatic carbocycles. The zero-order chi connectivity index (χ0) is 15.8. The molecule has 0 unspecified atom stereocenters. The van der Waals surface area contributed by atoms with Gasteiger partial charge in [-0.1, -0.05) is 18.7 Å². The fourth-order valence-corrected chi connectivity index (χ4v) is 2.60. The molecule has 1 aromatic rings. The molecule has 7 nitrogen and oxygen atoms in total. The maximum absolute atomic E-state index is 10.7. The largest absolute Gasteiger partial charge is 0.481 e. The van der Waals surface area contributed by atoms with Crippen LogP contribution in [0.1, 0.15) is 27.2 Å². The molecule has 1 aromatic heterocycles. The molecule has 0 fully saturated rings. The first-order chi connectivity index (χ1) is 10.0. The molecule has 0 saturated carbocycles. The van der Waals surface area contributed by atoms with E-state index in [-0.39, 0.29) is 11.8 Å². The van der Waals surface area contributed by atoms with Gasteiger partial charge in [0, 0.05) is 26.2 Å². The maximum atomic E-state index is 10.7. The van der Waals surface area contributed by atoms with Crippen LogP contribution in [-0.4, -0.2) is 57.9 Å². The monoisotopic (exact) mass is 316 g/mol. The highest BCUT2D eigenvalue weighted by molar-refractivity contribution is 7.99. The Labute approximate surface area is 129 Å². The van der Waals surface area contributed by atoms with Crippen molar-refractivity contribution in [1.29, 1.82) is 0 Å². The fourth-order valence-electron chi connectivity index (χ4n) is 1.92. The van der Waals surface area contributed by atoms with E-state index < -0.39 is 5.97 Å². The lowest BCUT2D eigenvalue weighted by Crippen LogP contribution is -2.36.